The van der Waals surface area contributed by atoms with E-state index in [9.17, 15) is 19.2 Å². The van der Waals surface area contributed by atoms with Gasteiger partial charge in [-0.05, 0) is 12.1 Å². The van der Waals surface area contributed by atoms with E-state index in [0.717, 1.165) is 4.90 Å². The summed E-state index contributed by atoms with van der Waals surface area (Å²) in [7, 11) is 0. The van der Waals surface area contributed by atoms with Crippen LogP contribution in [0.4, 0.5) is 4.79 Å². The van der Waals surface area contributed by atoms with Gasteiger partial charge in [-0.1, -0.05) is 0 Å². The molecule has 25 heavy (non-hydrogen) atoms. The molecule has 0 unspecified atom stereocenters. The van der Waals surface area contributed by atoms with Crippen LogP contribution >= 0.6 is 11.8 Å². The molecule has 2 aliphatic rings. The van der Waals surface area contributed by atoms with Gasteiger partial charge in [0.2, 0.25) is 5.91 Å². The second kappa shape index (κ2) is 7.18. The van der Waals surface area contributed by atoms with Crippen LogP contribution in [-0.4, -0.2) is 65.1 Å². The number of nitrogens with zero attached hydrogens (tertiary/aromatic N) is 2. The molecule has 0 aliphatic carbocycles. The minimum Gasteiger partial charge on any atom is -0.466 e. The highest BCUT2D eigenvalue weighted by atomic mass is 32.2. The Morgan fingerprint density at radius 1 is 1.44 bits per heavy atom. The number of esters is 1. The Labute approximate surface area is 147 Å². The number of nitrogens with one attached hydrogen (secondary N) is 1. The molecule has 1 N–H and O–H groups in total. The van der Waals surface area contributed by atoms with Crippen LogP contribution in [0.25, 0.3) is 0 Å². The molecule has 2 atom stereocenters. The molecule has 2 aliphatic heterocycles. The van der Waals surface area contributed by atoms with Crippen molar-refractivity contribution in [3.8, 4) is 0 Å². The number of amides is 4. The smallest absolute Gasteiger partial charge is 0.330 e. The van der Waals surface area contributed by atoms with Crippen LogP contribution in [0.1, 0.15) is 18.1 Å². The summed E-state index contributed by atoms with van der Waals surface area (Å²) >= 11 is 1.38. The maximum Gasteiger partial charge on any atom is 0.330 e. The monoisotopic (exact) mass is 367 g/mol. The van der Waals surface area contributed by atoms with Crippen molar-refractivity contribution in [2.45, 2.75) is 18.3 Å². The van der Waals surface area contributed by atoms with Crippen LogP contribution in [0.5, 0.6) is 0 Å². The fourth-order valence-electron chi connectivity index (χ4n) is 2.74. The van der Waals surface area contributed by atoms with Gasteiger partial charge in [-0.3, -0.25) is 14.5 Å². The van der Waals surface area contributed by atoms with E-state index in [1.165, 1.54) is 29.8 Å². The minimum absolute atomic E-state index is 0.245. The van der Waals surface area contributed by atoms with E-state index in [1.807, 2.05) is 0 Å². The van der Waals surface area contributed by atoms with Gasteiger partial charge in [-0.25, -0.2) is 9.59 Å². The Hall–Kier alpha value is -2.49. The molecule has 4 amide bonds. The number of hydrogen-bond acceptors (Lipinski definition) is 7. The maximum absolute atomic E-state index is 12.3. The summed E-state index contributed by atoms with van der Waals surface area (Å²) in [6.45, 7) is 1.45. The number of imide groups is 1. The molecule has 10 heteroatoms. The number of furan rings is 1. The van der Waals surface area contributed by atoms with Crippen LogP contribution < -0.4 is 5.32 Å². The molecule has 1 aromatic heterocycles. The Morgan fingerprint density at radius 3 is 2.84 bits per heavy atom. The minimum atomic E-state index is -0.808. The maximum atomic E-state index is 12.3. The van der Waals surface area contributed by atoms with Gasteiger partial charge in [0.15, 0.2) is 6.61 Å². The van der Waals surface area contributed by atoms with Gasteiger partial charge >= 0.3 is 12.0 Å². The summed E-state index contributed by atoms with van der Waals surface area (Å²) in [5.74, 6) is -0.656. The van der Waals surface area contributed by atoms with Gasteiger partial charge in [0.25, 0.3) is 5.91 Å². The fraction of sp³-hybridized carbons (Fsp3) is 0.467. The lowest BCUT2D eigenvalue weighted by atomic mass is 10.2. The molecule has 0 saturated carbocycles. The van der Waals surface area contributed by atoms with Crippen molar-refractivity contribution < 1.29 is 28.3 Å². The first-order valence-electron chi connectivity index (χ1n) is 7.67. The zero-order chi connectivity index (χ0) is 18.0. The molecule has 0 aromatic carbocycles. The van der Waals surface area contributed by atoms with E-state index < -0.39 is 35.9 Å². The van der Waals surface area contributed by atoms with E-state index in [4.69, 9.17) is 9.15 Å². The van der Waals surface area contributed by atoms with Crippen molar-refractivity contribution in [1.29, 1.82) is 0 Å². The van der Waals surface area contributed by atoms with Crippen molar-refractivity contribution >= 4 is 35.6 Å². The van der Waals surface area contributed by atoms with Crippen molar-refractivity contribution in [1.82, 2.24) is 15.1 Å². The van der Waals surface area contributed by atoms with E-state index in [-0.39, 0.29) is 12.5 Å². The predicted octanol–water partition coefficient (Wildman–Crippen LogP) is 0.337. The summed E-state index contributed by atoms with van der Waals surface area (Å²) in [5, 5.41) is 2.08. The van der Waals surface area contributed by atoms with Gasteiger partial charge in [0, 0.05) is 25.8 Å². The molecular formula is C15H17N3O6S. The third-order valence-electron chi connectivity index (χ3n) is 3.92. The number of ether oxygens (including phenoxy) is 1. The Balaban J connectivity index is 1.62. The highest BCUT2D eigenvalue weighted by Gasteiger charge is 2.43. The topological polar surface area (TPSA) is 109 Å². The molecule has 1 aromatic rings. The average Bonchev–Trinajstić information content (AvgIpc) is 3.30. The van der Waals surface area contributed by atoms with Gasteiger partial charge in [0.1, 0.15) is 17.2 Å². The average molecular weight is 367 g/mol. The molecular weight excluding hydrogens is 350 g/mol. The first kappa shape index (κ1) is 17.3. The third kappa shape index (κ3) is 3.48. The second-order valence-corrected chi connectivity index (χ2v) is 6.64. The molecule has 3 rings (SSSR count). The molecule has 0 radical (unpaired) electrons. The summed E-state index contributed by atoms with van der Waals surface area (Å²) in [6.07, 6.45) is 1.50. The molecule has 9 nitrogen and oxygen atoms in total. The van der Waals surface area contributed by atoms with E-state index in [1.54, 1.807) is 12.1 Å². The van der Waals surface area contributed by atoms with Crippen LogP contribution in [0.2, 0.25) is 0 Å². The number of carbonyl (C=O) groups is 4. The van der Waals surface area contributed by atoms with Gasteiger partial charge < -0.3 is 19.4 Å². The lowest BCUT2D eigenvalue weighted by Crippen LogP contribution is -2.44. The standard InChI is InChI=1S/C15H17N3O6S/c1-9(19)18-10(8-25-13(18)11-3-2-6-23-11)14(21)24-7-12(20)17-5-4-16-15(17)22/h2-3,6,10,13H,4-5,7-8H2,1H3,(H,16,22)/t10-,13+/m0/s1. The Morgan fingerprint density at radius 2 is 2.24 bits per heavy atom. The highest BCUT2D eigenvalue weighted by Crippen LogP contribution is 2.41. The molecule has 2 saturated heterocycles. The zero-order valence-corrected chi connectivity index (χ0v) is 14.3. The first-order chi connectivity index (χ1) is 12.0. The van der Waals surface area contributed by atoms with Crippen LogP contribution in [0.15, 0.2) is 22.8 Å². The second-order valence-electron chi connectivity index (χ2n) is 5.53. The molecule has 134 valence electrons. The Kier molecular flexibility index (Phi) is 4.98. The number of rotatable bonds is 4. The number of hydrogen-bond donors (Lipinski definition) is 1. The van der Waals surface area contributed by atoms with E-state index >= 15 is 0 Å². The van der Waals surface area contributed by atoms with E-state index in [2.05, 4.69) is 5.32 Å². The third-order valence-corrected chi connectivity index (χ3v) is 5.20. The summed E-state index contributed by atoms with van der Waals surface area (Å²) in [4.78, 5) is 50.1. The highest BCUT2D eigenvalue weighted by molar-refractivity contribution is 7.99. The van der Waals surface area contributed by atoms with E-state index in [0.29, 0.717) is 18.1 Å². The van der Waals surface area contributed by atoms with Crippen molar-refractivity contribution in [3.05, 3.63) is 24.2 Å². The fourth-order valence-corrected chi connectivity index (χ4v) is 4.16. The SMILES string of the molecule is CC(=O)N1[C@@H](c2ccco2)SC[C@H]1C(=O)OCC(=O)N1CCNC1=O. The quantitative estimate of drug-likeness (QED) is 0.764. The number of carbonyl (C=O) groups excluding carboxylic acids is 4. The largest absolute Gasteiger partial charge is 0.466 e. The van der Waals surface area contributed by atoms with Crippen molar-refractivity contribution in [3.63, 3.8) is 0 Å². The molecule has 0 bridgehead atoms. The summed E-state index contributed by atoms with van der Waals surface area (Å²) in [6, 6.07) is 2.13. The summed E-state index contributed by atoms with van der Waals surface area (Å²) in [5.41, 5.74) is 0. The van der Waals surface area contributed by atoms with Crippen LogP contribution in [0.3, 0.4) is 0 Å². The molecule has 3 heterocycles. The predicted molar refractivity (Wildman–Crippen MR) is 86.3 cm³/mol. The lowest BCUT2D eigenvalue weighted by molar-refractivity contribution is -0.157. The molecule has 0 spiro atoms. The normalized spacial score (nSPS) is 22.8. The van der Waals surface area contributed by atoms with Gasteiger partial charge in [0.05, 0.1) is 6.26 Å². The number of thioether (sulfide) groups is 1. The molecule has 2 fully saturated rings. The van der Waals surface area contributed by atoms with Crippen LogP contribution in [-0.2, 0) is 19.1 Å². The zero-order valence-electron chi connectivity index (χ0n) is 13.5. The first-order valence-corrected chi connectivity index (χ1v) is 8.72. The van der Waals surface area contributed by atoms with Crippen molar-refractivity contribution in [2.75, 3.05) is 25.4 Å². The van der Waals surface area contributed by atoms with Crippen molar-refractivity contribution in [2.24, 2.45) is 0 Å². The summed E-state index contributed by atoms with van der Waals surface area (Å²) < 4.78 is 10.4. The number of urea groups is 1. The van der Waals surface area contributed by atoms with Gasteiger partial charge in [-0.2, -0.15) is 0 Å². The van der Waals surface area contributed by atoms with Crippen LogP contribution in [0, 0.1) is 0 Å². The Bertz CT molecular complexity index is 691. The van der Waals surface area contributed by atoms with Gasteiger partial charge in [-0.15, -0.1) is 11.8 Å². The lowest BCUT2D eigenvalue weighted by Gasteiger charge is -2.25.